The maximum absolute atomic E-state index is 13.5. The minimum absolute atomic E-state index is 0.0748. The Bertz CT molecular complexity index is 1430. The summed E-state index contributed by atoms with van der Waals surface area (Å²) in [7, 11) is 0. The lowest BCUT2D eigenvalue weighted by Gasteiger charge is -2.19. The summed E-state index contributed by atoms with van der Waals surface area (Å²) < 4.78 is 4.74. The highest BCUT2D eigenvalue weighted by molar-refractivity contribution is 6.30. The Hall–Kier alpha value is -3.12. The van der Waals surface area contributed by atoms with E-state index < -0.39 is 0 Å². The summed E-state index contributed by atoms with van der Waals surface area (Å²) in [5.74, 6) is 0.382. The first kappa shape index (κ1) is 21.7. The van der Waals surface area contributed by atoms with E-state index in [1.54, 1.807) is 30.6 Å². The fraction of sp³-hybridized carbons (Fsp3) is 0.346. The van der Waals surface area contributed by atoms with E-state index in [1.807, 2.05) is 4.57 Å². The number of hydrogen-bond donors (Lipinski definition) is 0. The van der Waals surface area contributed by atoms with Gasteiger partial charge in [-0.25, -0.2) is 14.3 Å². The summed E-state index contributed by atoms with van der Waals surface area (Å²) in [6.45, 7) is 7.49. The molecular formula is C26H27ClN4O2. The minimum atomic E-state index is -0.360. The maximum Gasteiger partial charge on any atom is 0.337 e. The van der Waals surface area contributed by atoms with Crippen LogP contribution in [0.25, 0.3) is 16.9 Å². The summed E-state index contributed by atoms with van der Waals surface area (Å²) >= 11 is 6.06. The fourth-order valence-electron chi connectivity index (χ4n) is 4.15. The molecule has 0 aliphatic heterocycles. The molecule has 170 valence electrons. The van der Waals surface area contributed by atoms with Crippen molar-refractivity contribution in [2.45, 2.75) is 52.1 Å². The van der Waals surface area contributed by atoms with E-state index >= 15 is 0 Å². The van der Waals surface area contributed by atoms with Gasteiger partial charge in [-0.05, 0) is 59.6 Å². The normalized spacial score (nSPS) is 14.2. The van der Waals surface area contributed by atoms with E-state index in [-0.39, 0.29) is 16.7 Å². The molecule has 1 aliphatic carbocycles. The standard InChI is InChI=1S/C26H27ClN4O2/c1-26(2,3)19-8-6-17(7-9-19)14-29-16-28-23-22(29)24(32)30(15-18-4-5-18)25(33)31(23)21-12-10-20(27)11-13-21/h6-13,16,18H,4-5,14-15H2,1-3H3. The summed E-state index contributed by atoms with van der Waals surface area (Å²) in [4.78, 5) is 31.4. The van der Waals surface area contributed by atoms with E-state index in [0.717, 1.165) is 18.4 Å². The molecule has 0 N–H and O–H groups in total. The van der Waals surface area contributed by atoms with Gasteiger partial charge < -0.3 is 4.57 Å². The molecular weight excluding hydrogens is 436 g/mol. The Morgan fingerprint density at radius 3 is 2.27 bits per heavy atom. The van der Waals surface area contributed by atoms with Gasteiger partial charge in [0, 0.05) is 18.1 Å². The van der Waals surface area contributed by atoms with Crippen molar-refractivity contribution in [3.05, 3.63) is 91.8 Å². The molecule has 6 nitrogen and oxygen atoms in total. The zero-order valence-electron chi connectivity index (χ0n) is 19.1. The molecule has 2 aromatic heterocycles. The molecule has 0 saturated heterocycles. The van der Waals surface area contributed by atoms with Gasteiger partial charge in [-0.15, -0.1) is 0 Å². The second-order valence-electron chi connectivity index (χ2n) is 9.95. The van der Waals surface area contributed by atoms with Gasteiger partial charge >= 0.3 is 5.69 Å². The highest BCUT2D eigenvalue weighted by atomic mass is 35.5. The van der Waals surface area contributed by atoms with Crippen molar-refractivity contribution in [3.8, 4) is 5.69 Å². The topological polar surface area (TPSA) is 61.8 Å². The van der Waals surface area contributed by atoms with Crippen molar-refractivity contribution in [3.63, 3.8) is 0 Å². The molecule has 5 rings (SSSR count). The number of rotatable bonds is 5. The van der Waals surface area contributed by atoms with Gasteiger partial charge in [0.05, 0.1) is 12.0 Å². The molecule has 1 saturated carbocycles. The summed E-state index contributed by atoms with van der Waals surface area (Å²) in [5.41, 5.74) is 3.20. The molecule has 0 atom stereocenters. The molecule has 1 fully saturated rings. The smallest absolute Gasteiger partial charge is 0.320 e. The van der Waals surface area contributed by atoms with Crippen LogP contribution in [0, 0.1) is 5.92 Å². The minimum Gasteiger partial charge on any atom is -0.320 e. The van der Waals surface area contributed by atoms with Gasteiger partial charge in [0.2, 0.25) is 0 Å². The van der Waals surface area contributed by atoms with Crippen LogP contribution < -0.4 is 11.2 Å². The summed E-state index contributed by atoms with van der Waals surface area (Å²) in [6, 6.07) is 15.5. The predicted molar refractivity (Wildman–Crippen MR) is 132 cm³/mol. The number of fused-ring (bicyclic) bond motifs is 1. The zero-order chi connectivity index (χ0) is 23.3. The molecule has 0 bridgehead atoms. The lowest BCUT2D eigenvalue weighted by atomic mass is 9.87. The molecule has 7 heteroatoms. The third kappa shape index (κ3) is 4.15. The monoisotopic (exact) mass is 462 g/mol. The molecule has 33 heavy (non-hydrogen) atoms. The molecule has 0 spiro atoms. The Balaban J connectivity index is 1.65. The van der Waals surface area contributed by atoms with Gasteiger partial charge in [-0.2, -0.15) is 0 Å². The number of benzene rings is 2. The first-order valence-electron chi connectivity index (χ1n) is 11.3. The van der Waals surface area contributed by atoms with Crippen molar-refractivity contribution >= 4 is 22.8 Å². The summed E-state index contributed by atoms with van der Waals surface area (Å²) in [6.07, 6.45) is 3.74. The second-order valence-corrected chi connectivity index (χ2v) is 10.4. The molecule has 0 amide bonds. The van der Waals surface area contributed by atoms with Crippen LogP contribution in [0.2, 0.25) is 5.02 Å². The quantitative estimate of drug-likeness (QED) is 0.429. The van der Waals surface area contributed by atoms with Crippen molar-refractivity contribution in [1.29, 1.82) is 0 Å². The van der Waals surface area contributed by atoms with Gasteiger partial charge in [0.25, 0.3) is 5.56 Å². The highest BCUT2D eigenvalue weighted by Gasteiger charge is 2.26. The largest absolute Gasteiger partial charge is 0.337 e. The molecule has 0 radical (unpaired) electrons. The van der Waals surface area contributed by atoms with Gasteiger partial charge in [0.1, 0.15) is 0 Å². The maximum atomic E-state index is 13.5. The average Bonchev–Trinajstić information content (AvgIpc) is 3.51. The van der Waals surface area contributed by atoms with Crippen LogP contribution in [-0.2, 0) is 18.5 Å². The molecule has 2 aromatic carbocycles. The average molecular weight is 463 g/mol. The predicted octanol–water partition coefficient (Wildman–Crippen LogP) is 4.76. The molecule has 4 aromatic rings. The SMILES string of the molecule is CC(C)(C)c1ccc(Cn2cnc3c2c(=O)n(CC2CC2)c(=O)n3-c2ccc(Cl)cc2)cc1. The Kier molecular flexibility index (Phi) is 5.28. The van der Waals surface area contributed by atoms with E-state index in [9.17, 15) is 9.59 Å². The van der Waals surface area contributed by atoms with E-state index in [1.165, 1.54) is 14.7 Å². The third-order valence-corrected chi connectivity index (χ3v) is 6.55. The van der Waals surface area contributed by atoms with Crippen molar-refractivity contribution in [1.82, 2.24) is 18.7 Å². The van der Waals surface area contributed by atoms with Gasteiger partial charge in [-0.1, -0.05) is 56.6 Å². The highest BCUT2D eigenvalue weighted by Crippen LogP contribution is 2.30. The number of imidazole rings is 1. The number of halogens is 1. The van der Waals surface area contributed by atoms with Crippen LogP contribution >= 0.6 is 11.6 Å². The van der Waals surface area contributed by atoms with E-state index in [2.05, 4.69) is 50.0 Å². The zero-order valence-corrected chi connectivity index (χ0v) is 19.8. The lowest BCUT2D eigenvalue weighted by molar-refractivity contribution is 0.567. The van der Waals surface area contributed by atoms with Crippen LogP contribution in [0.4, 0.5) is 0 Å². The van der Waals surface area contributed by atoms with Crippen LogP contribution in [0.5, 0.6) is 0 Å². The second kappa shape index (κ2) is 8.03. The van der Waals surface area contributed by atoms with E-state index in [0.29, 0.717) is 40.9 Å². The molecule has 2 heterocycles. The Labute approximate surface area is 197 Å². The number of hydrogen-bond acceptors (Lipinski definition) is 3. The van der Waals surface area contributed by atoms with Crippen LogP contribution in [-0.4, -0.2) is 18.7 Å². The third-order valence-electron chi connectivity index (χ3n) is 6.30. The van der Waals surface area contributed by atoms with Crippen LogP contribution in [0.3, 0.4) is 0 Å². The van der Waals surface area contributed by atoms with Gasteiger partial charge in [0.15, 0.2) is 11.2 Å². The Morgan fingerprint density at radius 2 is 1.67 bits per heavy atom. The lowest BCUT2D eigenvalue weighted by Crippen LogP contribution is -2.40. The fourth-order valence-corrected chi connectivity index (χ4v) is 4.28. The number of aromatic nitrogens is 4. The van der Waals surface area contributed by atoms with E-state index in [4.69, 9.17) is 11.6 Å². The molecule has 1 aliphatic rings. The summed E-state index contributed by atoms with van der Waals surface area (Å²) in [5, 5.41) is 0.582. The Morgan fingerprint density at radius 1 is 1.00 bits per heavy atom. The van der Waals surface area contributed by atoms with Crippen LogP contribution in [0.1, 0.15) is 44.7 Å². The van der Waals surface area contributed by atoms with Crippen molar-refractivity contribution in [2.75, 3.05) is 0 Å². The number of nitrogens with zero attached hydrogens (tertiary/aromatic N) is 4. The first-order valence-corrected chi connectivity index (χ1v) is 11.7. The van der Waals surface area contributed by atoms with Crippen molar-refractivity contribution in [2.24, 2.45) is 5.92 Å². The molecule has 0 unspecified atom stereocenters. The van der Waals surface area contributed by atoms with Crippen molar-refractivity contribution < 1.29 is 0 Å². The van der Waals surface area contributed by atoms with Gasteiger partial charge in [-0.3, -0.25) is 9.36 Å². The first-order chi connectivity index (χ1) is 15.7. The van der Waals surface area contributed by atoms with Crippen LogP contribution in [0.15, 0.2) is 64.4 Å².